The molecule has 0 spiro atoms. The molecule has 1 saturated carbocycles. The number of aromatic nitrogens is 2. The molecule has 1 heterocycles. The number of carbonyl (C=O) groups excluding carboxylic acids is 2. The number of hydrogen-bond acceptors (Lipinski definition) is 6. The molecule has 2 amide bonds. The molecule has 0 bridgehead atoms. The van der Waals surface area contributed by atoms with Gasteiger partial charge in [-0.1, -0.05) is 36.1 Å². The summed E-state index contributed by atoms with van der Waals surface area (Å²) in [6.07, 6.45) is 2.27. The summed E-state index contributed by atoms with van der Waals surface area (Å²) in [5, 5.41) is 10.2. The van der Waals surface area contributed by atoms with Crippen LogP contribution < -0.4 is 10.2 Å². The van der Waals surface area contributed by atoms with Gasteiger partial charge in [-0.15, -0.1) is 10.2 Å². The van der Waals surface area contributed by atoms with Gasteiger partial charge in [-0.2, -0.15) is 0 Å². The van der Waals surface area contributed by atoms with Crippen molar-refractivity contribution in [1.29, 1.82) is 0 Å². The van der Waals surface area contributed by atoms with E-state index in [1.165, 1.54) is 17.4 Å². The zero-order chi connectivity index (χ0) is 19.6. The predicted octanol–water partition coefficient (Wildman–Crippen LogP) is 3.84. The summed E-state index contributed by atoms with van der Waals surface area (Å²) in [6.45, 7) is 3.40. The van der Waals surface area contributed by atoms with Gasteiger partial charge < -0.3 is 5.32 Å². The zero-order valence-electron chi connectivity index (χ0n) is 14.7. The molecule has 0 unspecified atom stereocenters. The van der Waals surface area contributed by atoms with E-state index >= 15 is 0 Å². The lowest BCUT2D eigenvalue weighted by Crippen LogP contribution is -2.32. The van der Waals surface area contributed by atoms with Gasteiger partial charge in [-0.25, -0.2) is 8.78 Å². The second-order valence-corrected chi connectivity index (χ2v) is 8.59. The Kier molecular flexibility index (Phi) is 6.05. The van der Waals surface area contributed by atoms with Crippen molar-refractivity contribution in [1.82, 2.24) is 10.2 Å². The molecular formula is C17H18F2N4O2S2. The average molecular weight is 412 g/mol. The van der Waals surface area contributed by atoms with Gasteiger partial charge in [0.2, 0.25) is 16.9 Å². The van der Waals surface area contributed by atoms with Crippen molar-refractivity contribution in [3.8, 4) is 0 Å². The monoisotopic (exact) mass is 412 g/mol. The van der Waals surface area contributed by atoms with Gasteiger partial charge in [-0.05, 0) is 31.9 Å². The van der Waals surface area contributed by atoms with E-state index in [-0.39, 0.29) is 11.9 Å². The number of nitrogens with one attached hydrogen (secondary N) is 1. The normalized spacial score (nSPS) is 14.7. The van der Waals surface area contributed by atoms with Crippen LogP contribution in [0.15, 0.2) is 22.5 Å². The molecule has 2 aromatic rings. The summed E-state index contributed by atoms with van der Waals surface area (Å²) in [5.74, 6) is -2.23. The number of para-hydroxylation sites is 1. The molecule has 1 atom stereocenters. The van der Waals surface area contributed by atoms with E-state index in [1.54, 1.807) is 18.7 Å². The molecule has 1 fully saturated rings. The first kappa shape index (κ1) is 19.7. The Balaban J connectivity index is 1.66. The highest BCUT2D eigenvalue weighted by Gasteiger charge is 2.35. The first-order valence-electron chi connectivity index (χ1n) is 8.47. The number of carbonyl (C=O) groups is 2. The van der Waals surface area contributed by atoms with Crippen LogP contribution in [0.5, 0.6) is 0 Å². The Hall–Kier alpha value is -2.07. The van der Waals surface area contributed by atoms with Crippen LogP contribution in [0.25, 0.3) is 0 Å². The van der Waals surface area contributed by atoms with E-state index in [1.807, 2.05) is 0 Å². The van der Waals surface area contributed by atoms with E-state index in [0.717, 1.165) is 36.7 Å². The molecule has 0 aliphatic heterocycles. The summed E-state index contributed by atoms with van der Waals surface area (Å²) in [4.78, 5) is 26.1. The maximum Gasteiger partial charge on any atom is 0.237 e. The molecule has 10 heteroatoms. The van der Waals surface area contributed by atoms with Crippen molar-refractivity contribution >= 4 is 45.7 Å². The van der Waals surface area contributed by atoms with Crippen LogP contribution in [-0.4, -0.2) is 33.3 Å². The Morgan fingerprint density at radius 3 is 2.59 bits per heavy atom. The van der Waals surface area contributed by atoms with Gasteiger partial charge in [0.15, 0.2) is 4.34 Å². The SMILES string of the molecule is CCC(=O)N(c1nnc(S[C@H](C)C(=O)Nc2c(F)cccc2F)s1)C1CC1. The van der Waals surface area contributed by atoms with Gasteiger partial charge in [0.1, 0.15) is 17.3 Å². The molecule has 0 saturated heterocycles. The third-order valence-electron chi connectivity index (χ3n) is 3.94. The van der Waals surface area contributed by atoms with Crippen molar-refractivity contribution in [2.75, 3.05) is 10.2 Å². The fraction of sp³-hybridized carbons (Fsp3) is 0.412. The Labute approximate surface area is 163 Å². The zero-order valence-corrected chi connectivity index (χ0v) is 16.4. The Morgan fingerprint density at radius 1 is 1.33 bits per heavy atom. The van der Waals surface area contributed by atoms with Crippen LogP contribution >= 0.6 is 23.1 Å². The third kappa shape index (κ3) is 4.62. The summed E-state index contributed by atoms with van der Waals surface area (Å²) >= 11 is 2.35. The van der Waals surface area contributed by atoms with Gasteiger partial charge in [0.05, 0.1) is 5.25 Å². The lowest BCUT2D eigenvalue weighted by molar-refractivity contribution is -0.118. The van der Waals surface area contributed by atoms with Crippen LogP contribution in [0.3, 0.4) is 0 Å². The van der Waals surface area contributed by atoms with Gasteiger partial charge in [-0.3, -0.25) is 14.5 Å². The van der Waals surface area contributed by atoms with Crippen LogP contribution in [0, 0.1) is 11.6 Å². The lowest BCUT2D eigenvalue weighted by Gasteiger charge is -2.17. The van der Waals surface area contributed by atoms with Gasteiger partial charge in [0, 0.05) is 12.5 Å². The Morgan fingerprint density at radius 2 is 2.00 bits per heavy atom. The number of hydrogen-bond donors (Lipinski definition) is 1. The molecule has 0 radical (unpaired) electrons. The van der Waals surface area contributed by atoms with E-state index in [9.17, 15) is 18.4 Å². The smallest absolute Gasteiger partial charge is 0.237 e. The van der Waals surface area contributed by atoms with E-state index in [0.29, 0.717) is 15.9 Å². The summed E-state index contributed by atoms with van der Waals surface area (Å²) in [7, 11) is 0. The average Bonchev–Trinajstić information content (AvgIpc) is 3.37. The molecule has 1 aliphatic carbocycles. The van der Waals surface area contributed by atoms with Crippen molar-refractivity contribution in [2.45, 2.75) is 48.7 Å². The summed E-state index contributed by atoms with van der Waals surface area (Å²) in [6, 6.07) is 3.55. The number of benzene rings is 1. The van der Waals surface area contributed by atoms with Crippen molar-refractivity contribution in [3.63, 3.8) is 0 Å². The fourth-order valence-corrected chi connectivity index (χ4v) is 4.44. The van der Waals surface area contributed by atoms with E-state index in [2.05, 4.69) is 15.5 Å². The van der Waals surface area contributed by atoms with Gasteiger partial charge in [0.25, 0.3) is 0 Å². The number of nitrogens with zero attached hydrogens (tertiary/aromatic N) is 3. The second kappa shape index (κ2) is 8.30. The molecule has 6 nitrogen and oxygen atoms in total. The highest BCUT2D eigenvalue weighted by Crippen LogP contribution is 2.37. The minimum atomic E-state index is -0.836. The topological polar surface area (TPSA) is 75.2 Å². The number of amides is 2. The minimum Gasteiger partial charge on any atom is -0.320 e. The number of anilines is 2. The molecule has 144 valence electrons. The number of rotatable bonds is 7. The van der Waals surface area contributed by atoms with E-state index < -0.39 is 28.5 Å². The summed E-state index contributed by atoms with van der Waals surface area (Å²) < 4.78 is 27.8. The lowest BCUT2D eigenvalue weighted by atomic mass is 10.3. The van der Waals surface area contributed by atoms with Crippen molar-refractivity contribution in [2.24, 2.45) is 0 Å². The highest BCUT2D eigenvalue weighted by atomic mass is 32.2. The van der Waals surface area contributed by atoms with Crippen LogP contribution in [0.1, 0.15) is 33.1 Å². The van der Waals surface area contributed by atoms with Crippen LogP contribution in [0.4, 0.5) is 19.6 Å². The Bertz CT molecular complexity index is 837. The third-order valence-corrected chi connectivity index (χ3v) is 6.05. The second-order valence-electron chi connectivity index (χ2n) is 6.05. The molecule has 27 heavy (non-hydrogen) atoms. The van der Waals surface area contributed by atoms with Gasteiger partial charge >= 0.3 is 0 Å². The van der Waals surface area contributed by atoms with Crippen LogP contribution in [-0.2, 0) is 9.59 Å². The number of halogens is 2. The first-order valence-corrected chi connectivity index (χ1v) is 10.2. The standard InChI is InChI=1S/C17H18F2N4O2S2/c1-3-13(24)23(10-7-8-10)16-21-22-17(27-16)26-9(2)15(25)20-14-11(18)5-4-6-12(14)19/h4-6,9-10H,3,7-8H2,1-2H3,(H,20,25)/t9-/m1/s1. The quantitative estimate of drug-likeness (QED) is 0.552. The fourth-order valence-electron chi connectivity index (χ4n) is 2.36. The molecule has 1 aliphatic rings. The maximum atomic E-state index is 13.7. The maximum absolute atomic E-state index is 13.7. The molecular weight excluding hydrogens is 394 g/mol. The molecule has 1 N–H and O–H groups in total. The first-order chi connectivity index (χ1) is 12.9. The van der Waals surface area contributed by atoms with Crippen molar-refractivity contribution < 1.29 is 18.4 Å². The van der Waals surface area contributed by atoms with E-state index in [4.69, 9.17) is 0 Å². The number of thioether (sulfide) groups is 1. The summed E-state index contributed by atoms with van der Waals surface area (Å²) in [5.41, 5.74) is -0.471. The molecule has 1 aromatic carbocycles. The largest absolute Gasteiger partial charge is 0.320 e. The molecule has 1 aromatic heterocycles. The minimum absolute atomic E-state index is 0.00832. The molecule has 3 rings (SSSR count). The highest BCUT2D eigenvalue weighted by molar-refractivity contribution is 8.02. The van der Waals surface area contributed by atoms with Crippen LogP contribution in [0.2, 0.25) is 0 Å². The van der Waals surface area contributed by atoms with Crippen molar-refractivity contribution in [3.05, 3.63) is 29.8 Å². The predicted molar refractivity (Wildman–Crippen MR) is 101 cm³/mol.